The minimum Gasteiger partial charge on any atom is -0.398 e. The van der Waals surface area contributed by atoms with Gasteiger partial charge in [0.05, 0.1) is 5.56 Å². The lowest BCUT2D eigenvalue weighted by Gasteiger charge is -2.14. The van der Waals surface area contributed by atoms with Crippen molar-refractivity contribution in [3.63, 3.8) is 0 Å². The number of para-hydroxylation sites is 1. The summed E-state index contributed by atoms with van der Waals surface area (Å²) in [6, 6.07) is 6.16. The van der Waals surface area contributed by atoms with Crippen LogP contribution in [-0.4, -0.2) is 24.4 Å². The number of hydrogen-bond acceptors (Lipinski definition) is 3. The Morgan fingerprint density at radius 1 is 1.35 bits per heavy atom. The van der Waals surface area contributed by atoms with Gasteiger partial charge in [-0.15, -0.1) is 0 Å². The molecule has 0 heterocycles. The lowest BCUT2D eigenvalue weighted by molar-refractivity contribution is -0.122. The summed E-state index contributed by atoms with van der Waals surface area (Å²) in [6.07, 6.45) is 0. The first-order valence-electron chi connectivity index (χ1n) is 5.49. The van der Waals surface area contributed by atoms with Crippen molar-refractivity contribution in [2.45, 2.75) is 19.9 Å². The third-order valence-corrected chi connectivity index (χ3v) is 2.30. The molecule has 1 aromatic carbocycles. The molecule has 92 valence electrons. The number of rotatable bonds is 4. The second-order valence-electron chi connectivity index (χ2n) is 3.68. The van der Waals surface area contributed by atoms with Gasteiger partial charge in [0.25, 0.3) is 5.91 Å². The molecule has 1 aromatic rings. The molecular formula is C12H17N3O2. The Morgan fingerprint density at radius 2 is 2.00 bits per heavy atom. The second-order valence-corrected chi connectivity index (χ2v) is 3.68. The summed E-state index contributed by atoms with van der Waals surface area (Å²) in [6.45, 7) is 3.98. The predicted molar refractivity (Wildman–Crippen MR) is 66.5 cm³/mol. The summed E-state index contributed by atoms with van der Waals surface area (Å²) in [7, 11) is 0. The van der Waals surface area contributed by atoms with E-state index in [2.05, 4.69) is 10.6 Å². The molecule has 0 bridgehead atoms. The minimum atomic E-state index is -0.581. The fraction of sp³-hybridized carbons (Fsp3) is 0.333. The predicted octanol–water partition coefficient (Wildman–Crippen LogP) is 0.523. The summed E-state index contributed by atoms with van der Waals surface area (Å²) < 4.78 is 0. The van der Waals surface area contributed by atoms with Crippen molar-refractivity contribution in [3.8, 4) is 0 Å². The first-order valence-corrected chi connectivity index (χ1v) is 5.49. The average Bonchev–Trinajstić information content (AvgIpc) is 2.29. The van der Waals surface area contributed by atoms with Crippen LogP contribution in [0, 0.1) is 0 Å². The number of nitrogens with two attached hydrogens (primary N) is 1. The van der Waals surface area contributed by atoms with Crippen LogP contribution in [0.3, 0.4) is 0 Å². The molecule has 4 N–H and O–H groups in total. The molecule has 0 aromatic heterocycles. The Balaban J connectivity index is 2.67. The van der Waals surface area contributed by atoms with Gasteiger partial charge in [-0.05, 0) is 26.0 Å². The molecule has 0 fully saturated rings. The number of nitrogen functional groups attached to an aromatic ring is 1. The SMILES string of the molecule is CCNC(=O)C(C)NC(=O)c1ccccc1N. The maximum Gasteiger partial charge on any atom is 0.254 e. The molecule has 5 heteroatoms. The van der Waals surface area contributed by atoms with E-state index in [-0.39, 0.29) is 11.8 Å². The van der Waals surface area contributed by atoms with Crippen LogP contribution < -0.4 is 16.4 Å². The largest absolute Gasteiger partial charge is 0.398 e. The van der Waals surface area contributed by atoms with E-state index in [9.17, 15) is 9.59 Å². The molecule has 1 atom stereocenters. The van der Waals surface area contributed by atoms with Gasteiger partial charge in [-0.3, -0.25) is 9.59 Å². The third-order valence-electron chi connectivity index (χ3n) is 2.30. The van der Waals surface area contributed by atoms with E-state index < -0.39 is 6.04 Å². The molecule has 0 aliphatic heterocycles. The first-order chi connectivity index (χ1) is 8.06. The molecule has 0 saturated heterocycles. The van der Waals surface area contributed by atoms with Crippen molar-refractivity contribution in [1.29, 1.82) is 0 Å². The Morgan fingerprint density at radius 3 is 2.59 bits per heavy atom. The highest BCUT2D eigenvalue weighted by molar-refractivity contribution is 6.01. The minimum absolute atomic E-state index is 0.213. The summed E-state index contributed by atoms with van der Waals surface area (Å²) in [5.74, 6) is -0.558. The third kappa shape index (κ3) is 3.48. The highest BCUT2D eigenvalue weighted by atomic mass is 16.2. The van der Waals surface area contributed by atoms with Crippen molar-refractivity contribution < 1.29 is 9.59 Å². The van der Waals surface area contributed by atoms with Gasteiger partial charge in [0.15, 0.2) is 0 Å². The van der Waals surface area contributed by atoms with E-state index in [1.54, 1.807) is 31.2 Å². The van der Waals surface area contributed by atoms with E-state index in [0.29, 0.717) is 17.8 Å². The van der Waals surface area contributed by atoms with Crippen molar-refractivity contribution >= 4 is 17.5 Å². The monoisotopic (exact) mass is 235 g/mol. The van der Waals surface area contributed by atoms with Crippen molar-refractivity contribution in [2.24, 2.45) is 0 Å². The molecule has 1 unspecified atom stereocenters. The summed E-state index contributed by atoms with van der Waals surface area (Å²) in [5, 5.41) is 5.22. The van der Waals surface area contributed by atoms with Gasteiger partial charge in [-0.1, -0.05) is 12.1 Å². The zero-order chi connectivity index (χ0) is 12.8. The van der Waals surface area contributed by atoms with E-state index in [0.717, 1.165) is 0 Å². The van der Waals surface area contributed by atoms with Crippen molar-refractivity contribution in [1.82, 2.24) is 10.6 Å². The Hall–Kier alpha value is -2.04. The van der Waals surface area contributed by atoms with E-state index in [4.69, 9.17) is 5.73 Å². The van der Waals surface area contributed by atoms with E-state index in [1.165, 1.54) is 0 Å². The van der Waals surface area contributed by atoms with Crippen LogP contribution >= 0.6 is 0 Å². The van der Waals surface area contributed by atoms with Crippen LogP contribution in [0.2, 0.25) is 0 Å². The molecule has 2 amide bonds. The van der Waals surface area contributed by atoms with E-state index >= 15 is 0 Å². The Bertz CT molecular complexity index is 418. The summed E-state index contributed by atoms with van der Waals surface area (Å²) in [4.78, 5) is 23.3. The van der Waals surface area contributed by atoms with Gasteiger partial charge in [0.1, 0.15) is 6.04 Å². The first kappa shape index (κ1) is 13.0. The lowest BCUT2D eigenvalue weighted by Crippen LogP contribution is -2.44. The zero-order valence-corrected chi connectivity index (χ0v) is 9.99. The molecule has 0 aliphatic carbocycles. The van der Waals surface area contributed by atoms with Crippen LogP contribution in [0.25, 0.3) is 0 Å². The molecule has 5 nitrogen and oxygen atoms in total. The number of nitrogens with one attached hydrogen (secondary N) is 2. The fourth-order valence-corrected chi connectivity index (χ4v) is 1.37. The number of anilines is 1. The van der Waals surface area contributed by atoms with Gasteiger partial charge in [-0.2, -0.15) is 0 Å². The molecule has 0 saturated carbocycles. The molecular weight excluding hydrogens is 218 g/mol. The van der Waals surface area contributed by atoms with Crippen molar-refractivity contribution in [2.75, 3.05) is 12.3 Å². The smallest absolute Gasteiger partial charge is 0.254 e. The molecule has 0 radical (unpaired) electrons. The van der Waals surface area contributed by atoms with Gasteiger partial charge in [-0.25, -0.2) is 0 Å². The van der Waals surface area contributed by atoms with Crippen LogP contribution in [0.5, 0.6) is 0 Å². The highest BCUT2D eigenvalue weighted by Crippen LogP contribution is 2.10. The number of amides is 2. The lowest BCUT2D eigenvalue weighted by atomic mass is 10.1. The number of carbonyl (C=O) groups is 2. The number of benzene rings is 1. The second kappa shape index (κ2) is 5.89. The van der Waals surface area contributed by atoms with Crippen LogP contribution in [0.1, 0.15) is 24.2 Å². The Labute approximate surface area is 100 Å². The van der Waals surface area contributed by atoms with Gasteiger partial charge < -0.3 is 16.4 Å². The fourth-order valence-electron chi connectivity index (χ4n) is 1.37. The number of carbonyl (C=O) groups excluding carboxylic acids is 2. The maximum atomic E-state index is 11.8. The topological polar surface area (TPSA) is 84.2 Å². The van der Waals surface area contributed by atoms with Crippen LogP contribution in [-0.2, 0) is 4.79 Å². The van der Waals surface area contributed by atoms with Crippen molar-refractivity contribution in [3.05, 3.63) is 29.8 Å². The van der Waals surface area contributed by atoms with Gasteiger partial charge >= 0.3 is 0 Å². The average molecular weight is 235 g/mol. The summed E-state index contributed by atoms with van der Waals surface area (Å²) >= 11 is 0. The molecule has 17 heavy (non-hydrogen) atoms. The van der Waals surface area contributed by atoms with Crippen LogP contribution in [0.15, 0.2) is 24.3 Å². The quantitative estimate of drug-likeness (QED) is 0.665. The normalized spacial score (nSPS) is 11.6. The number of hydrogen-bond donors (Lipinski definition) is 3. The highest BCUT2D eigenvalue weighted by Gasteiger charge is 2.16. The van der Waals surface area contributed by atoms with E-state index in [1.807, 2.05) is 6.92 Å². The maximum absolute atomic E-state index is 11.8. The zero-order valence-electron chi connectivity index (χ0n) is 9.99. The number of likely N-dealkylation sites (N-methyl/N-ethyl adjacent to an activating group) is 1. The molecule has 0 aliphatic rings. The summed E-state index contributed by atoms with van der Waals surface area (Å²) in [5.41, 5.74) is 6.45. The Kier molecular flexibility index (Phi) is 4.51. The standard InChI is InChI=1S/C12H17N3O2/c1-3-14-11(16)8(2)15-12(17)9-6-4-5-7-10(9)13/h4-8H,3,13H2,1-2H3,(H,14,16)(H,15,17). The van der Waals surface area contributed by atoms with Crippen LogP contribution in [0.4, 0.5) is 5.69 Å². The molecule has 1 rings (SSSR count). The van der Waals surface area contributed by atoms with Gasteiger partial charge in [0.2, 0.25) is 5.91 Å². The molecule has 0 spiro atoms. The van der Waals surface area contributed by atoms with Gasteiger partial charge in [0, 0.05) is 12.2 Å².